The second-order valence-electron chi connectivity index (χ2n) is 8.03. The topological polar surface area (TPSA) is 69.4 Å². The molecule has 2 rings (SSSR count). The van der Waals surface area contributed by atoms with Gasteiger partial charge in [-0.2, -0.15) is 0 Å². The van der Waals surface area contributed by atoms with E-state index in [0.717, 1.165) is 18.4 Å². The van der Waals surface area contributed by atoms with Gasteiger partial charge in [0, 0.05) is 12.3 Å². The number of carbonyl (C=O) groups is 2. The molecule has 1 aliphatic rings. The van der Waals surface area contributed by atoms with Crippen molar-refractivity contribution in [2.75, 3.05) is 6.54 Å². The average molecular weight is 360 g/mol. The van der Waals surface area contributed by atoms with E-state index in [4.69, 9.17) is 10.5 Å². The van der Waals surface area contributed by atoms with Crippen molar-refractivity contribution in [3.63, 3.8) is 0 Å². The fraction of sp³-hybridized carbons (Fsp3) is 0.636. The molecule has 0 bridgehead atoms. The van der Waals surface area contributed by atoms with E-state index in [-0.39, 0.29) is 12.5 Å². The molecule has 0 aliphatic heterocycles. The van der Waals surface area contributed by atoms with Crippen molar-refractivity contribution >= 4 is 11.8 Å². The van der Waals surface area contributed by atoms with Crippen LogP contribution in [0.3, 0.4) is 0 Å². The molecule has 4 nitrogen and oxygen atoms in total. The number of ether oxygens (including phenoxy) is 1. The van der Waals surface area contributed by atoms with E-state index in [1.165, 1.54) is 6.42 Å². The second-order valence-corrected chi connectivity index (χ2v) is 8.03. The molecule has 0 saturated heterocycles. The molecular formula is C22H33NO3. The zero-order valence-corrected chi connectivity index (χ0v) is 16.3. The van der Waals surface area contributed by atoms with E-state index < -0.39 is 12.1 Å². The molecule has 0 spiro atoms. The molecule has 1 aromatic carbocycles. The van der Waals surface area contributed by atoms with Gasteiger partial charge in [0.15, 0.2) is 0 Å². The summed E-state index contributed by atoms with van der Waals surface area (Å²) in [7, 11) is 0. The third kappa shape index (κ3) is 5.66. The first-order valence-electron chi connectivity index (χ1n) is 9.89. The highest BCUT2D eigenvalue weighted by atomic mass is 16.5. The highest BCUT2D eigenvalue weighted by molar-refractivity contribution is 5.81. The third-order valence-corrected chi connectivity index (χ3v) is 5.70. The zero-order chi connectivity index (χ0) is 19.1. The van der Waals surface area contributed by atoms with Gasteiger partial charge in [0.2, 0.25) is 0 Å². The quantitative estimate of drug-likeness (QED) is 0.703. The lowest BCUT2D eigenvalue weighted by atomic mass is 9.68. The smallest absolute Gasteiger partial charge is 0.320 e. The van der Waals surface area contributed by atoms with Gasteiger partial charge in [0.25, 0.3) is 0 Å². The summed E-state index contributed by atoms with van der Waals surface area (Å²) in [6.07, 6.45) is 3.89. The molecule has 2 N–H and O–H groups in total. The van der Waals surface area contributed by atoms with Crippen LogP contribution in [0.2, 0.25) is 0 Å². The van der Waals surface area contributed by atoms with Crippen LogP contribution in [-0.2, 0) is 14.3 Å². The van der Waals surface area contributed by atoms with Crippen LogP contribution in [0.5, 0.6) is 0 Å². The van der Waals surface area contributed by atoms with E-state index in [0.29, 0.717) is 36.4 Å². The van der Waals surface area contributed by atoms with Gasteiger partial charge < -0.3 is 10.5 Å². The fourth-order valence-corrected chi connectivity index (χ4v) is 4.20. The number of hydrogen-bond donors (Lipinski definition) is 1. The molecule has 26 heavy (non-hydrogen) atoms. The first-order valence-corrected chi connectivity index (χ1v) is 9.89. The number of nitrogens with two attached hydrogens (primary N) is 1. The summed E-state index contributed by atoms with van der Waals surface area (Å²) in [6.45, 7) is 6.53. The number of esters is 1. The molecule has 0 radical (unpaired) electrons. The van der Waals surface area contributed by atoms with Gasteiger partial charge in [-0.05, 0) is 42.6 Å². The lowest BCUT2D eigenvalue weighted by Gasteiger charge is -2.36. The second kappa shape index (κ2) is 9.86. The third-order valence-electron chi connectivity index (χ3n) is 5.70. The van der Waals surface area contributed by atoms with Gasteiger partial charge in [-0.15, -0.1) is 0 Å². The molecular weight excluding hydrogens is 326 g/mol. The summed E-state index contributed by atoms with van der Waals surface area (Å²) < 4.78 is 5.50. The number of Topliss-reactive ketones (excluding diaryl/α,β-unsaturated/α-hetero) is 1. The Bertz CT molecular complexity index is 584. The van der Waals surface area contributed by atoms with Crippen LogP contribution < -0.4 is 5.73 Å². The van der Waals surface area contributed by atoms with Crippen molar-refractivity contribution in [2.24, 2.45) is 29.4 Å². The number of ketones is 1. The van der Waals surface area contributed by atoms with Gasteiger partial charge in [-0.3, -0.25) is 9.59 Å². The van der Waals surface area contributed by atoms with E-state index in [9.17, 15) is 9.59 Å². The Labute approximate surface area is 157 Å². The maximum Gasteiger partial charge on any atom is 0.320 e. The van der Waals surface area contributed by atoms with Gasteiger partial charge in [-0.25, -0.2) is 0 Å². The molecule has 1 fully saturated rings. The molecule has 144 valence electrons. The summed E-state index contributed by atoms with van der Waals surface area (Å²) in [5, 5.41) is 0. The Morgan fingerprint density at radius 3 is 2.50 bits per heavy atom. The Hall–Kier alpha value is -1.68. The Kier molecular flexibility index (Phi) is 7.83. The summed E-state index contributed by atoms with van der Waals surface area (Å²) in [6, 6.07) is 9.61. The van der Waals surface area contributed by atoms with Crippen LogP contribution in [0.1, 0.15) is 64.5 Å². The SMILES string of the molecule is CC(C)[C@@H]1CC[C@@H](C)C[C@H]1C(=O)CCC(OC(=O)CN)c1ccccc1. The molecule has 4 atom stereocenters. The molecule has 1 aliphatic carbocycles. The molecule has 1 aromatic rings. The van der Waals surface area contributed by atoms with Gasteiger partial charge >= 0.3 is 5.97 Å². The standard InChI is InChI=1S/C22H33NO3/c1-15(2)18-10-9-16(3)13-19(18)20(24)11-12-21(26-22(25)14-23)17-7-5-4-6-8-17/h4-8,15-16,18-19,21H,9-14,23H2,1-3H3/t16-,18+,19-,21?/m1/s1. The zero-order valence-electron chi connectivity index (χ0n) is 16.3. The van der Waals surface area contributed by atoms with E-state index in [2.05, 4.69) is 20.8 Å². The van der Waals surface area contributed by atoms with Crippen molar-refractivity contribution in [3.05, 3.63) is 35.9 Å². The normalized spacial score (nSPS) is 24.3. The molecule has 1 saturated carbocycles. The van der Waals surface area contributed by atoms with Crippen molar-refractivity contribution in [1.29, 1.82) is 0 Å². The molecule has 0 aromatic heterocycles. The largest absolute Gasteiger partial charge is 0.457 e. The molecule has 0 heterocycles. The van der Waals surface area contributed by atoms with E-state index in [1.807, 2.05) is 30.3 Å². The Morgan fingerprint density at radius 1 is 1.19 bits per heavy atom. The van der Waals surface area contributed by atoms with E-state index >= 15 is 0 Å². The average Bonchev–Trinajstić information content (AvgIpc) is 2.64. The fourth-order valence-electron chi connectivity index (χ4n) is 4.20. The predicted octanol–water partition coefficient (Wildman–Crippen LogP) is 4.29. The van der Waals surface area contributed by atoms with Crippen molar-refractivity contribution in [3.8, 4) is 0 Å². The van der Waals surface area contributed by atoms with Crippen LogP contribution in [0.4, 0.5) is 0 Å². The predicted molar refractivity (Wildman–Crippen MR) is 103 cm³/mol. The highest BCUT2D eigenvalue weighted by Gasteiger charge is 2.35. The van der Waals surface area contributed by atoms with Crippen LogP contribution in [0.15, 0.2) is 30.3 Å². The summed E-state index contributed by atoms with van der Waals surface area (Å²) in [4.78, 5) is 24.7. The van der Waals surface area contributed by atoms with E-state index in [1.54, 1.807) is 0 Å². The number of carbonyl (C=O) groups excluding carboxylic acids is 2. The van der Waals surface area contributed by atoms with Crippen molar-refractivity contribution < 1.29 is 14.3 Å². The first-order chi connectivity index (χ1) is 12.4. The van der Waals surface area contributed by atoms with Crippen LogP contribution in [0, 0.1) is 23.7 Å². The van der Waals surface area contributed by atoms with Gasteiger partial charge in [0.05, 0.1) is 6.54 Å². The Morgan fingerprint density at radius 2 is 1.88 bits per heavy atom. The van der Waals surface area contributed by atoms with Gasteiger partial charge in [-0.1, -0.05) is 57.5 Å². The summed E-state index contributed by atoms with van der Waals surface area (Å²) in [5.74, 6) is 1.63. The van der Waals surface area contributed by atoms with Crippen LogP contribution in [0.25, 0.3) is 0 Å². The lowest BCUT2D eigenvalue weighted by molar-refractivity contribution is -0.148. The number of benzene rings is 1. The molecule has 0 amide bonds. The molecule has 1 unspecified atom stereocenters. The van der Waals surface area contributed by atoms with Crippen molar-refractivity contribution in [2.45, 2.75) is 59.0 Å². The minimum Gasteiger partial charge on any atom is -0.457 e. The molecule has 4 heteroatoms. The number of rotatable bonds is 8. The van der Waals surface area contributed by atoms with Gasteiger partial charge in [0.1, 0.15) is 11.9 Å². The first kappa shape index (κ1) is 20.6. The lowest BCUT2D eigenvalue weighted by Crippen LogP contribution is -2.33. The van der Waals surface area contributed by atoms with Crippen LogP contribution in [-0.4, -0.2) is 18.3 Å². The summed E-state index contributed by atoms with van der Waals surface area (Å²) >= 11 is 0. The van der Waals surface area contributed by atoms with Crippen molar-refractivity contribution in [1.82, 2.24) is 0 Å². The minimum absolute atomic E-state index is 0.139. The maximum atomic E-state index is 13.0. The monoisotopic (exact) mass is 359 g/mol. The maximum absolute atomic E-state index is 13.0. The van der Waals surface area contributed by atoms with Crippen LogP contribution >= 0.6 is 0 Å². The summed E-state index contributed by atoms with van der Waals surface area (Å²) in [5.41, 5.74) is 6.31. The minimum atomic E-state index is -0.433. The number of hydrogen-bond acceptors (Lipinski definition) is 4. The highest BCUT2D eigenvalue weighted by Crippen LogP contribution is 2.39. The Balaban J connectivity index is 2.04.